The van der Waals surface area contributed by atoms with E-state index in [1.165, 1.54) is 15.9 Å². The summed E-state index contributed by atoms with van der Waals surface area (Å²) in [5, 5.41) is 4.31. The van der Waals surface area contributed by atoms with Gasteiger partial charge in [0, 0.05) is 0 Å². The Balaban J connectivity index is 0.000000204. The quantitative estimate of drug-likeness (QED) is 0.229. The van der Waals surface area contributed by atoms with Crippen LogP contribution in [0.15, 0.2) is 121 Å². The standard InChI is InChI=1S/C18H15P.C7H6.2ClH.Ru/c1-4-10-16(11-5-1)19(17-12-6-2-7-13-17)18-14-8-3-9-15-18;1-7-5-3-2-4-6-7;;;/h1-15H;1-6H;2*1H;/q;;;;+2/p-1. The smallest absolute Gasteiger partial charge is 0.0620 e. The fourth-order valence-electron chi connectivity index (χ4n) is 2.92. The number of rotatable bonds is 4. The van der Waals surface area contributed by atoms with Gasteiger partial charge in [0.2, 0.25) is 0 Å². The summed E-state index contributed by atoms with van der Waals surface area (Å²) in [7, 11) is 10.5. The molecule has 0 aromatic heterocycles. The third kappa shape index (κ3) is 7.29. The van der Waals surface area contributed by atoms with E-state index in [0.29, 0.717) is 0 Å². The molecule has 0 aliphatic rings. The van der Waals surface area contributed by atoms with Gasteiger partial charge in [-0.2, -0.15) is 0 Å². The van der Waals surface area contributed by atoms with E-state index in [1.54, 1.807) is 0 Å². The van der Waals surface area contributed by atoms with Gasteiger partial charge in [0.05, 0.1) is 7.92 Å². The molecule has 0 aliphatic heterocycles. The van der Waals surface area contributed by atoms with Crippen LogP contribution in [0.5, 0.6) is 0 Å². The van der Waals surface area contributed by atoms with Crippen molar-refractivity contribution in [2.45, 2.75) is 0 Å². The Bertz CT molecular complexity index is 910. The van der Waals surface area contributed by atoms with Crippen molar-refractivity contribution < 1.29 is 13.5 Å². The number of hydrogen-bond acceptors (Lipinski definition) is 0. The summed E-state index contributed by atoms with van der Waals surface area (Å²) in [6.45, 7) is 0. The van der Waals surface area contributed by atoms with Crippen LogP contribution in [0.4, 0.5) is 0 Å². The molecule has 0 spiro atoms. The first kappa shape index (κ1) is 22.1. The Kier molecular flexibility index (Phi) is 9.26. The third-order valence-corrected chi connectivity index (χ3v) is 8.79. The summed E-state index contributed by atoms with van der Waals surface area (Å²) in [6, 6.07) is 42.4. The van der Waals surface area contributed by atoms with Crippen LogP contribution in [-0.2, 0) is 13.5 Å². The molecule has 0 fully saturated rings. The monoisotopic (exact) mass is 525 g/mol. The molecule has 4 heteroatoms. The van der Waals surface area contributed by atoms with Gasteiger partial charge >= 0.3 is 73.4 Å². The second-order valence-electron chi connectivity index (χ2n) is 6.19. The molecule has 4 aromatic rings. The fourth-order valence-corrected chi connectivity index (χ4v) is 7.33. The van der Waals surface area contributed by atoms with Gasteiger partial charge < -0.3 is 0 Å². The normalized spacial score (nSPS) is 10.7. The largest absolute Gasteiger partial charge is 0.102 e. The number of hydrogen-bond donors (Lipinski definition) is 0. The van der Waals surface area contributed by atoms with Crippen LogP contribution in [-0.4, -0.2) is 4.61 Å². The predicted molar refractivity (Wildman–Crippen MR) is 130 cm³/mol. The fraction of sp³-hybridized carbons (Fsp3) is 0. The first-order valence-electron chi connectivity index (χ1n) is 9.15. The van der Waals surface area contributed by atoms with Crippen molar-refractivity contribution in [1.29, 1.82) is 0 Å². The minimum atomic E-state index is -1.61. The Morgan fingerprint density at radius 1 is 0.483 bits per heavy atom. The van der Waals surface area contributed by atoms with Gasteiger partial charge in [0.15, 0.2) is 0 Å². The van der Waals surface area contributed by atoms with E-state index in [1.807, 2.05) is 34.9 Å². The maximum atomic E-state index is 5.67. The van der Waals surface area contributed by atoms with Crippen molar-refractivity contribution in [3.63, 3.8) is 0 Å². The van der Waals surface area contributed by atoms with Crippen LogP contribution in [0, 0.1) is 0 Å². The average molecular weight is 525 g/mol. The summed E-state index contributed by atoms with van der Waals surface area (Å²) in [4.78, 5) is 0. The minimum absolute atomic E-state index is 0.877. The predicted octanol–water partition coefficient (Wildman–Crippen LogP) is 5.94. The number of benzene rings is 4. The molecule has 0 unspecified atom stereocenters. The maximum absolute atomic E-state index is 5.67. The van der Waals surface area contributed by atoms with E-state index < -0.39 is 21.4 Å². The van der Waals surface area contributed by atoms with Gasteiger partial charge in [-0.1, -0.05) is 54.6 Å². The van der Waals surface area contributed by atoms with Crippen LogP contribution in [0.3, 0.4) is 0 Å². The van der Waals surface area contributed by atoms with Gasteiger partial charge in [-0.3, -0.25) is 0 Å². The summed E-state index contributed by atoms with van der Waals surface area (Å²) in [5.41, 5.74) is 1.12. The topological polar surface area (TPSA) is 0 Å². The SMILES string of the molecule is [Cl][Ru]([Cl])=[CH]c1ccccc1.c1ccc([PH+](c2ccccc2)c2ccccc2)cc1. The van der Waals surface area contributed by atoms with Crippen molar-refractivity contribution in [3.05, 3.63) is 127 Å². The van der Waals surface area contributed by atoms with Crippen molar-refractivity contribution >= 4 is 47.8 Å². The third-order valence-electron chi connectivity index (χ3n) is 4.18. The molecule has 4 aromatic carbocycles. The second kappa shape index (κ2) is 12.2. The van der Waals surface area contributed by atoms with Crippen LogP contribution in [0.25, 0.3) is 0 Å². The molecule has 0 bridgehead atoms. The Labute approximate surface area is 187 Å². The zero-order chi connectivity index (χ0) is 20.3. The first-order valence-corrected chi connectivity index (χ1v) is 16.1. The molecule has 4 rings (SSSR count). The van der Waals surface area contributed by atoms with E-state index >= 15 is 0 Å². The van der Waals surface area contributed by atoms with E-state index in [-0.39, 0.29) is 0 Å². The van der Waals surface area contributed by atoms with Crippen molar-refractivity contribution in [2.24, 2.45) is 0 Å². The zero-order valence-electron chi connectivity index (χ0n) is 15.7. The molecule has 0 aliphatic carbocycles. The zero-order valence-corrected chi connectivity index (χ0v) is 20.0. The summed E-state index contributed by atoms with van der Waals surface area (Å²) in [6.07, 6.45) is 0. The van der Waals surface area contributed by atoms with Gasteiger partial charge in [0.1, 0.15) is 15.9 Å². The molecule has 0 nitrogen and oxygen atoms in total. The van der Waals surface area contributed by atoms with Crippen molar-refractivity contribution in [2.75, 3.05) is 0 Å². The molecule has 0 radical (unpaired) electrons. The van der Waals surface area contributed by atoms with E-state index in [2.05, 4.69) is 91.0 Å². The molecular formula is C25H22Cl2PRu+. The molecule has 29 heavy (non-hydrogen) atoms. The van der Waals surface area contributed by atoms with E-state index in [0.717, 1.165) is 5.56 Å². The van der Waals surface area contributed by atoms with Gasteiger partial charge in [0.25, 0.3) is 0 Å². The van der Waals surface area contributed by atoms with E-state index in [9.17, 15) is 0 Å². The van der Waals surface area contributed by atoms with Gasteiger partial charge in [-0.15, -0.1) is 0 Å². The molecule has 0 amide bonds. The Morgan fingerprint density at radius 2 is 0.793 bits per heavy atom. The molecule has 0 atom stereocenters. The van der Waals surface area contributed by atoms with Gasteiger partial charge in [-0.05, 0) is 36.4 Å². The number of halogens is 2. The van der Waals surface area contributed by atoms with Crippen LogP contribution < -0.4 is 15.9 Å². The molecular weight excluding hydrogens is 503 g/mol. The second-order valence-corrected chi connectivity index (χ2v) is 14.4. The van der Waals surface area contributed by atoms with Crippen molar-refractivity contribution in [3.8, 4) is 0 Å². The molecule has 148 valence electrons. The molecule has 0 N–H and O–H groups in total. The average Bonchev–Trinajstić information content (AvgIpc) is 2.77. The van der Waals surface area contributed by atoms with Gasteiger partial charge in [-0.25, -0.2) is 0 Å². The maximum Gasteiger partial charge on any atom is 0.102 e. The Hall–Kier alpha value is -1.62. The van der Waals surface area contributed by atoms with Crippen LogP contribution in [0.2, 0.25) is 0 Å². The first-order chi connectivity index (χ1) is 14.2. The van der Waals surface area contributed by atoms with E-state index in [4.69, 9.17) is 19.4 Å². The molecule has 0 saturated heterocycles. The molecule has 0 heterocycles. The Morgan fingerprint density at radius 3 is 1.10 bits per heavy atom. The minimum Gasteiger partial charge on any atom is -0.0620 e. The van der Waals surface area contributed by atoms with Crippen LogP contribution >= 0.6 is 27.3 Å². The summed E-state index contributed by atoms with van der Waals surface area (Å²) in [5.74, 6) is 0. The summed E-state index contributed by atoms with van der Waals surface area (Å²) < 4.78 is 1.92. The van der Waals surface area contributed by atoms with Crippen molar-refractivity contribution in [1.82, 2.24) is 0 Å². The van der Waals surface area contributed by atoms with Crippen LogP contribution in [0.1, 0.15) is 5.56 Å². The summed E-state index contributed by atoms with van der Waals surface area (Å²) >= 11 is -1.61. The molecule has 0 saturated carbocycles.